The molecule has 0 aromatic heterocycles. The van der Waals surface area contributed by atoms with Gasteiger partial charge in [-0.15, -0.1) is 0 Å². The number of cyclic esters (lactones) is 1. The minimum atomic E-state index is -1.07. The summed E-state index contributed by atoms with van der Waals surface area (Å²) in [5.41, 5.74) is -0.353. The molecule has 1 aromatic rings. The van der Waals surface area contributed by atoms with Crippen molar-refractivity contribution in [2.24, 2.45) is 17.8 Å². The van der Waals surface area contributed by atoms with Gasteiger partial charge < -0.3 is 9.47 Å². The number of hydrogen-bond donors (Lipinski definition) is 0. The second-order valence-corrected chi connectivity index (χ2v) is 6.07. The van der Waals surface area contributed by atoms with Crippen molar-refractivity contribution < 1.29 is 23.9 Å². The Morgan fingerprint density at radius 3 is 2.36 bits per heavy atom. The third-order valence-corrected chi connectivity index (χ3v) is 4.25. The maximum absolute atomic E-state index is 12.7. The average molecular weight is 304 g/mol. The van der Waals surface area contributed by atoms with E-state index in [1.54, 1.807) is 45.0 Å². The first-order valence-electron chi connectivity index (χ1n) is 7.19. The minimum Gasteiger partial charge on any atom is -0.468 e. The van der Waals surface area contributed by atoms with Crippen LogP contribution in [0.3, 0.4) is 0 Å². The van der Waals surface area contributed by atoms with E-state index in [4.69, 9.17) is 9.47 Å². The van der Waals surface area contributed by atoms with Crippen molar-refractivity contribution in [2.45, 2.75) is 26.4 Å². The number of methoxy groups -OCH3 is 1. The van der Waals surface area contributed by atoms with Gasteiger partial charge in [0.15, 0.2) is 11.7 Å². The maximum Gasteiger partial charge on any atom is 0.321 e. The molecule has 5 heteroatoms. The second-order valence-electron chi connectivity index (χ2n) is 6.07. The fourth-order valence-corrected chi connectivity index (χ4v) is 3.23. The molecule has 0 amide bonds. The molecule has 1 heterocycles. The normalized spacial score (nSPS) is 24.5. The molecule has 0 unspecified atom stereocenters. The Labute approximate surface area is 129 Å². The largest absolute Gasteiger partial charge is 0.468 e. The Morgan fingerprint density at radius 2 is 1.82 bits per heavy atom. The van der Waals surface area contributed by atoms with Crippen molar-refractivity contribution in [1.29, 1.82) is 0 Å². The quantitative estimate of drug-likeness (QED) is 0.485. The van der Waals surface area contributed by atoms with Gasteiger partial charge in [0.25, 0.3) is 0 Å². The predicted molar refractivity (Wildman–Crippen MR) is 79.1 cm³/mol. The molecule has 22 heavy (non-hydrogen) atoms. The highest BCUT2D eigenvalue weighted by Crippen LogP contribution is 2.43. The smallest absolute Gasteiger partial charge is 0.321 e. The highest BCUT2D eigenvalue weighted by Gasteiger charge is 2.57. The fraction of sp³-hybridized carbons (Fsp3) is 0.471. The van der Waals surface area contributed by atoms with E-state index in [2.05, 4.69) is 0 Å². The van der Waals surface area contributed by atoms with Crippen molar-refractivity contribution in [2.75, 3.05) is 7.11 Å². The topological polar surface area (TPSA) is 69.7 Å². The van der Waals surface area contributed by atoms with E-state index in [0.29, 0.717) is 5.56 Å². The molecule has 118 valence electrons. The van der Waals surface area contributed by atoms with Crippen LogP contribution in [0.5, 0.6) is 0 Å². The van der Waals surface area contributed by atoms with Crippen LogP contribution < -0.4 is 0 Å². The van der Waals surface area contributed by atoms with Crippen molar-refractivity contribution in [3.8, 4) is 0 Å². The summed E-state index contributed by atoms with van der Waals surface area (Å²) in [5.74, 6) is -3.59. The van der Waals surface area contributed by atoms with Gasteiger partial charge in [-0.1, -0.05) is 37.3 Å². The van der Waals surface area contributed by atoms with Crippen LogP contribution in [0.2, 0.25) is 0 Å². The van der Waals surface area contributed by atoms with Crippen molar-refractivity contribution in [3.63, 3.8) is 0 Å². The summed E-state index contributed by atoms with van der Waals surface area (Å²) in [6.07, 6.45) is 0. The van der Waals surface area contributed by atoms with E-state index < -0.39 is 35.3 Å². The number of esters is 2. The number of rotatable bonds is 4. The van der Waals surface area contributed by atoms with Crippen LogP contribution in [0.25, 0.3) is 0 Å². The van der Waals surface area contributed by atoms with Crippen molar-refractivity contribution in [3.05, 3.63) is 35.9 Å². The molecule has 0 saturated carbocycles. The van der Waals surface area contributed by atoms with Gasteiger partial charge >= 0.3 is 11.9 Å². The summed E-state index contributed by atoms with van der Waals surface area (Å²) in [6.45, 7) is 5.15. The molecule has 1 fully saturated rings. The summed E-state index contributed by atoms with van der Waals surface area (Å²) in [4.78, 5) is 36.6. The first-order valence-corrected chi connectivity index (χ1v) is 7.19. The average Bonchev–Trinajstić information content (AvgIpc) is 2.74. The Kier molecular flexibility index (Phi) is 4.35. The summed E-state index contributed by atoms with van der Waals surface area (Å²) < 4.78 is 10.0. The van der Waals surface area contributed by atoms with E-state index in [1.165, 1.54) is 7.11 Å². The third kappa shape index (κ3) is 2.75. The zero-order valence-electron chi connectivity index (χ0n) is 13.2. The Balaban J connectivity index is 2.36. The Morgan fingerprint density at radius 1 is 1.23 bits per heavy atom. The van der Waals surface area contributed by atoms with Gasteiger partial charge in [0, 0.05) is 17.4 Å². The molecule has 0 spiro atoms. The van der Waals surface area contributed by atoms with Crippen molar-refractivity contribution >= 4 is 17.7 Å². The highest BCUT2D eigenvalue weighted by atomic mass is 16.6. The van der Waals surface area contributed by atoms with Crippen LogP contribution in [0.4, 0.5) is 0 Å². The summed E-state index contributed by atoms with van der Waals surface area (Å²) >= 11 is 0. The zero-order chi connectivity index (χ0) is 16.5. The van der Waals surface area contributed by atoms with E-state index in [-0.39, 0.29) is 5.78 Å². The Hall–Kier alpha value is -2.17. The van der Waals surface area contributed by atoms with E-state index >= 15 is 0 Å². The molecule has 1 aliphatic rings. The van der Waals surface area contributed by atoms with Gasteiger partial charge in [-0.05, 0) is 13.8 Å². The van der Waals surface area contributed by atoms with Gasteiger partial charge in [0.05, 0.1) is 7.11 Å². The molecule has 5 nitrogen and oxygen atoms in total. The molecule has 0 bridgehead atoms. The number of hydrogen-bond acceptors (Lipinski definition) is 5. The lowest BCUT2D eigenvalue weighted by Crippen LogP contribution is -2.41. The lowest BCUT2D eigenvalue weighted by molar-refractivity contribution is -0.156. The molecular formula is C17H20O5. The molecule has 0 radical (unpaired) electrons. The molecule has 2 rings (SSSR count). The molecule has 1 aliphatic heterocycles. The van der Waals surface area contributed by atoms with Crippen LogP contribution in [0.1, 0.15) is 31.1 Å². The standard InChI is InChI=1S/C17H20O5/c1-10(14(18)11-8-6-5-7-9-11)13-12(15(19)21-4)16(20)22-17(13,2)3/h5-10,12-13H,1-4H3/t10-,12+,13-/m1/s1. The molecule has 3 atom stereocenters. The molecule has 0 aliphatic carbocycles. The van der Waals surface area contributed by atoms with E-state index in [0.717, 1.165) is 0 Å². The minimum absolute atomic E-state index is 0.120. The zero-order valence-corrected chi connectivity index (χ0v) is 13.2. The summed E-state index contributed by atoms with van der Waals surface area (Å²) in [7, 11) is 1.22. The Bertz CT molecular complexity index is 590. The highest BCUT2D eigenvalue weighted by molar-refractivity contribution is 6.01. The van der Waals surface area contributed by atoms with E-state index in [9.17, 15) is 14.4 Å². The van der Waals surface area contributed by atoms with Crippen LogP contribution in [0.15, 0.2) is 30.3 Å². The molecule has 1 saturated heterocycles. The van der Waals surface area contributed by atoms with Crippen LogP contribution in [-0.2, 0) is 19.1 Å². The van der Waals surface area contributed by atoms with Crippen LogP contribution >= 0.6 is 0 Å². The van der Waals surface area contributed by atoms with Crippen molar-refractivity contribution in [1.82, 2.24) is 0 Å². The number of carbonyl (C=O) groups is 3. The molecule has 1 aromatic carbocycles. The number of ketones is 1. The number of carbonyl (C=O) groups excluding carboxylic acids is 3. The van der Waals surface area contributed by atoms with Crippen LogP contribution in [0, 0.1) is 17.8 Å². The molecular weight excluding hydrogens is 284 g/mol. The SMILES string of the molecule is COC(=O)[C@H]1C(=O)OC(C)(C)[C@@H]1[C@@H](C)C(=O)c1ccccc1. The number of ether oxygens (including phenoxy) is 2. The monoisotopic (exact) mass is 304 g/mol. The second kappa shape index (κ2) is 5.91. The summed E-state index contributed by atoms with van der Waals surface area (Å²) in [6, 6.07) is 8.82. The van der Waals surface area contributed by atoms with Crippen LogP contribution in [-0.4, -0.2) is 30.4 Å². The van der Waals surface area contributed by atoms with Gasteiger partial charge in [-0.3, -0.25) is 14.4 Å². The maximum atomic E-state index is 12.7. The van der Waals surface area contributed by atoms with E-state index in [1.807, 2.05) is 6.07 Å². The lowest BCUT2D eigenvalue weighted by Gasteiger charge is -2.30. The third-order valence-electron chi connectivity index (χ3n) is 4.25. The van der Waals surface area contributed by atoms with Gasteiger partial charge in [-0.25, -0.2) is 0 Å². The number of benzene rings is 1. The van der Waals surface area contributed by atoms with Gasteiger partial charge in [-0.2, -0.15) is 0 Å². The van der Waals surface area contributed by atoms with Gasteiger partial charge in [0.2, 0.25) is 0 Å². The van der Waals surface area contributed by atoms with Gasteiger partial charge in [0.1, 0.15) is 5.60 Å². The predicted octanol–water partition coefficient (Wildman–Crippen LogP) is 2.25. The fourth-order valence-electron chi connectivity index (χ4n) is 3.23. The number of Topliss-reactive ketones (excluding diaryl/α,β-unsaturated/α-hetero) is 1. The molecule has 0 N–H and O–H groups in total. The first kappa shape index (κ1) is 16.2. The summed E-state index contributed by atoms with van der Waals surface area (Å²) in [5, 5.41) is 0. The first-order chi connectivity index (χ1) is 10.3. The lowest BCUT2D eigenvalue weighted by atomic mass is 9.72.